The van der Waals surface area contributed by atoms with Gasteiger partial charge < -0.3 is 5.32 Å². The van der Waals surface area contributed by atoms with E-state index >= 15 is 0 Å². The first kappa shape index (κ1) is 13.6. The maximum atomic E-state index is 12.8. The molecule has 4 rings (SSSR count). The zero-order valence-corrected chi connectivity index (χ0v) is 12.6. The van der Waals surface area contributed by atoms with Crippen LogP contribution in [0.4, 0.5) is 0 Å². The van der Waals surface area contributed by atoms with Crippen molar-refractivity contribution in [2.24, 2.45) is 5.92 Å². The van der Waals surface area contributed by atoms with E-state index in [-0.39, 0.29) is 17.4 Å². The Kier molecular flexibility index (Phi) is 3.25. The van der Waals surface area contributed by atoms with Gasteiger partial charge in [-0.15, -0.1) is 0 Å². The molecule has 4 heteroatoms. The largest absolute Gasteiger partial charge is 0.346 e. The lowest BCUT2D eigenvalue weighted by atomic mass is 9.71. The molecule has 2 N–H and O–H groups in total. The normalized spacial score (nSPS) is 22.5. The zero-order chi connectivity index (χ0) is 15.0. The summed E-state index contributed by atoms with van der Waals surface area (Å²) >= 11 is 0. The minimum Gasteiger partial charge on any atom is -0.346 e. The molecule has 0 bridgehead atoms. The zero-order valence-electron chi connectivity index (χ0n) is 12.6. The number of hydrogen-bond acceptors (Lipinski definition) is 2. The van der Waals surface area contributed by atoms with E-state index in [9.17, 15) is 4.79 Å². The quantitative estimate of drug-likeness (QED) is 0.914. The number of aryl methyl sites for hydroxylation is 1. The van der Waals surface area contributed by atoms with Crippen molar-refractivity contribution in [3.63, 3.8) is 0 Å². The molecule has 1 aromatic carbocycles. The molecule has 1 heterocycles. The second kappa shape index (κ2) is 5.27. The molecule has 1 saturated carbocycles. The molecule has 2 aliphatic rings. The molecule has 114 valence electrons. The van der Waals surface area contributed by atoms with Gasteiger partial charge in [0, 0.05) is 18.0 Å². The summed E-state index contributed by atoms with van der Waals surface area (Å²) in [6.45, 7) is 0. The number of H-pyrrole nitrogens is 1. The van der Waals surface area contributed by atoms with E-state index in [1.54, 1.807) is 0 Å². The summed E-state index contributed by atoms with van der Waals surface area (Å²) in [7, 11) is 0. The van der Waals surface area contributed by atoms with Gasteiger partial charge in [-0.25, -0.2) is 0 Å². The molecule has 1 fully saturated rings. The summed E-state index contributed by atoms with van der Waals surface area (Å²) in [5.41, 5.74) is 3.51. The summed E-state index contributed by atoms with van der Waals surface area (Å²) in [6, 6.07) is 10.4. The number of aromatic nitrogens is 2. The fraction of sp³-hybridized carbons (Fsp3) is 0.444. The average molecular weight is 295 g/mol. The molecule has 1 amide bonds. The maximum Gasteiger partial charge on any atom is 0.224 e. The third kappa shape index (κ3) is 2.23. The predicted molar refractivity (Wildman–Crippen MR) is 84.2 cm³/mol. The third-order valence-electron chi connectivity index (χ3n) is 5.29. The van der Waals surface area contributed by atoms with Gasteiger partial charge in [-0.2, -0.15) is 5.10 Å². The van der Waals surface area contributed by atoms with Crippen molar-refractivity contribution in [3.8, 4) is 0 Å². The Morgan fingerprint density at radius 1 is 1.27 bits per heavy atom. The second-order valence-electron chi connectivity index (χ2n) is 6.60. The Bertz CT molecular complexity index is 673. The van der Waals surface area contributed by atoms with Crippen molar-refractivity contribution in [2.75, 3.05) is 0 Å². The van der Waals surface area contributed by atoms with Crippen LogP contribution in [0.1, 0.15) is 42.5 Å². The molecule has 2 aromatic rings. The fourth-order valence-electron chi connectivity index (χ4n) is 3.74. The van der Waals surface area contributed by atoms with E-state index in [2.05, 4.69) is 39.8 Å². The van der Waals surface area contributed by atoms with Crippen molar-refractivity contribution >= 4 is 5.91 Å². The first-order valence-electron chi connectivity index (χ1n) is 8.15. The first-order chi connectivity index (χ1) is 10.8. The van der Waals surface area contributed by atoms with Gasteiger partial charge >= 0.3 is 0 Å². The number of benzene rings is 1. The van der Waals surface area contributed by atoms with Gasteiger partial charge in [0.2, 0.25) is 5.91 Å². The number of amides is 1. The molecule has 4 nitrogen and oxygen atoms in total. The molecule has 0 spiro atoms. The summed E-state index contributed by atoms with van der Waals surface area (Å²) < 4.78 is 0. The molecular weight excluding hydrogens is 274 g/mol. The van der Waals surface area contributed by atoms with E-state index in [0.717, 1.165) is 37.8 Å². The number of carbonyl (C=O) groups excluding carboxylic acids is 1. The molecule has 2 aliphatic carbocycles. The Morgan fingerprint density at radius 3 is 2.82 bits per heavy atom. The third-order valence-corrected chi connectivity index (χ3v) is 5.29. The molecule has 22 heavy (non-hydrogen) atoms. The lowest BCUT2D eigenvalue weighted by Crippen LogP contribution is -2.53. The number of nitrogens with zero attached hydrogens (tertiary/aromatic N) is 1. The Labute approximate surface area is 130 Å². The van der Waals surface area contributed by atoms with Crippen LogP contribution in [0.2, 0.25) is 0 Å². The van der Waals surface area contributed by atoms with Crippen LogP contribution in [-0.4, -0.2) is 16.1 Å². The van der Waals surface area contributed by atoms with E-state index in [4.69, 9.17) is 0 Å². The molecular formula is C18H21N3O. The van der Waals surface area contributed by atoms with Crippen LogP contribution in [0.25, 0.3) is 0 Å². The first-order valence-corrected chi connectivity index (χ1v) is 8.15. The average Bonchev–Trinajstić information content (AvgIpc) is 2.99. The van der Waals surface area contributed by atoms with Crippen molar-refractivity contribution < 1.29 is 4.79 Å². The van der Waals surface area contributed by atoms with Crippen LogP contribution in [0.5, 0.6) is 0 Å². The SMILES string of the molecule is O=C(NC1(c2ccccc2)CCC1)C1CCc2cn[nH]c2C1. The van der Waals surface area contributed by atoms with Gasteiger partial charge in [-0.1, -0.05) is 30.3 Å². The summed E-state index contributed by atoms with van der Waals surface area (Å²) in [4.78, 5) is 12.8. The lowest BCUT2D eigenvalue weighted by Gasteiger charge is -2.44. The lowest BCUT2D eigenvalue weighted by molar-refractivity contribution is -0.128. The van der Waals surface area contributed by atoms with Crippen molar-refractivity contribution in [3.05, 3.63) is 53.3 Å². The van der Waals surface area contributed by atoms with Crippen LogP contribution >= 0.6 is 0 Å². The smallest absolute Gasteiger partial charge is 0.224 e. The summed E-state index contributed by atoms with van der Waals surface area (Å²) in [6.07, 6.45) is 7.82. The fourth-order valence-corrected chi connectivity index (χ4v) is 3.74. The summed E-state index contributed by atoms with van der Waals surface area (Å²) in [5.74, 6) is 0.262. The minimum atomic E-state index is -0.132. The highest BCUT2D eigenvalue weighted by Crippen LogP contribution is 2.41. The van der Waals surface area contributed by atoms with Crippen LogP contribution < -0.4 is 5.32 Å². The van der Waals surface area contributed by atoms with Gasteiger partial charge in [0.1, 0.15) is 0 Å². The maximum absolute atomic E-state index is 12.8. The van der Waals surface area contributed by atoms with E-state index in [1.807, 2.05) is 12.3 Å². The van der Waals surface area contributed by atoms with Crippen LogP contribution in [-0.2, 0) is 23.2 Å². The Hall–Kier alpha value is -2.10. The monoisotopic (exact) mass is 295 g/mol. The molecule has 1 unspecified atom stereocenters. The number of hydrogen-bond donors (Lipinski definition) is 2. The van der Waals surface area contributed by atoms with E-state index < -0.39 is 0 Å². The van der Waals surface area contributed by atoms with Crippen molar-refractivity contribution in [1.29, 1.82) is 0 Å². The molecule has 1 atom stereocenters. The number of fused-ring (bicyclic) bond motifs is 1. The van der Waals surface area contributed by atoms with Gasteiger partial charge in [0.15, 0.2) is 0 Å². The van der Waals surface area contributed by atoms with Gasteiger partial charge in [0.05, 0.1) is 11.7 Å². The number of nitrogens with one attached hydrogen (secondary N) is 2. The Morgan fingerprint density at radius 2 is 2.09 bits per heavy atom. The molecule has 0 aliphatic heterocycles. The second-order valence-corrected chi connectivity index (χ2v) is 6.60. The van der Waals surface area contributed by atoms with Gasteiger partial charge in [0.25, 0.3) is 0 Å². The molecule has 0 radical (unpaired) electrons. The van der Waals surface area contributed by atoms with Crippen LogP contribution in [0.15, 0.2) is 36.5 Å². The number of carbonyl (C=O) groups is 1. The molecule has 1 aromatic heterocycles. The predicted octanol–water partition coefficient (Wildman–Crippen LogP) is 2.71. The van der Waals surface area contributed by atoms with E-state index in [1.165, 1.54) is 17.5 Å². The van der Waals surface area contributed by atoms with Crippen molar-refractivity contribution in [2.45, 2.75) is 44.1 Å². The number of rotatable bonds is 3. The standard InChI is InChI=1S/C18H21N3O/c22-17(13-7-8-14-12-19-21-16(14)11-13)20-18(9-4-10-18)15-5-2-1-3-6-15/h1-3,5-6,12-13H,4,7-11H2,(H,19,21)(H,20,22). The highest BCUT2D eigenvalue weighted by molar-refractivity contribution is 5.80. The van der Waals surface area contributed by atoms with Crippen LogP contribution in [0.3, 0.4) is 0 Å². The highest BCUT2D eigenvalue weighted by atomic mass is 16.2. The summed E-state index contributed by atoms with van der Waals surface area (Å²) in [5, 5.41) is 10.5. The Balaban J connectivity index is 1.50. The highest BCUT2D eigenvalue weighted by Gasteiger charge is 2.41. The van der Waals surface area contributed by atoms with Gasteiger partial charge in [-0.05, 0) is 43.2 Å². The number of aromatic amines is 1. The molecule has 0 saturated heterocycles. The minimum absolute atomic E-state index is 0.0640. The van der Waals surface area contributed by atoms with Crippen molar-refractivity contribution in [1.82, 2.24) is 15.5 Å². The van der Waals surface area contributed by atoms with E-state index in [0.29, 0.717) is 0 Å². The van der Waals surface area contributed by atoms with Crippen LogP contribution in [0, 0.1) is 5.92 Å². The topological polar surface area (TPSA) is 57.8 Å². The van der Waals surface area contributed by atoms with Gasteiger partial charge in [-0.3, -0.25) is 9.89 Å².